The monoisotopic (exact) mass is 258 g/mol. The van der Waals surface area contributed by atoms with Crippen LogP contribution in [0.25, 0.3) is 5.69 Å². The number of carbonyl (C=O) groups excluding carboxylic acids is 1. The number of rotatable bonds is 5. The number of ketones is 1. The quantitative estimate of drug-likeness (QED) is 0.830. The van der Waals surface area contributed by atoms with Crippen molar-refractivity contribution in [2.24, 2.45) is 11.1 Å². The summed E-state index contributed by atoms with van der Waals surface area (Å²) in [6.45, 7) is 4.14. The third-order valence-corrected chi connectivity index (χ3v) is 3.56. The summed E-state index contributed by atoms with van der Waals surface area (Å²) < 4.78 is 1.56. The van der Waals surface area contributed by atoms with Crippen LogP contribution in [0, 0.1) is 5.41 Å². The number of carbonyl (C=O) groups is 1. The van der Waals surface area contributed by atoms with Gasteiger partial charge in [0, 0.05) is 12.0 Å². The van der Waals surface area contributed by atoms with Crippen molar-refractivity contribution in [3.63, 3.8) is 0 Å². The highest BCUT2D eigenvalue weighted by atomic mass is 16.1. The first-order valence-electron chi connectivity index (χ1n) is 6.33. The van der Waals surface area contributed by atoms with Crippen LogP contribution in [0.15, 0.2) is 36.5 Å². The van der Waals surface area contributed by atoms with Crippen LogP contribution >= 0.6 is 0 Å². The lowest BCUT2D eigenvalue weighted by atomic mass is 9.81. The predicted octanol–water partition coefficient (Wildman–Crippen LogP) is 1.82. The molecule has 2 rings (SSSR count). The van der Waals surface area contributed by atoms with Crippen LogP contribution in [-0.4, -0.2) is 27.3 Å². The molecule has 0 aliphatic rings. The summed E-state index contributed by atoms with van der Waals surface area (Å²) in [5.74, 6) is -0.0219. The van der Waals surface area contributed by atoms with E-state index in [1.807, 2.05) is 44.2 Å². The van der Waals surface area contributed by atoms with Gasteiger partial charge in [-0.05, 0) is 18.6 Å². The molecule has 1 aromatic carbocycles. The highest BCUT2D eigenvalue weighted by Crippen LogP contribution is 2.25. The topological polar surface area (TPSA) is 73.8 Å². The van der Waals surface area contributed by atoms with E-state index in [1.54, 1.807) is 4.68 Å². The van der Waals surface area contributed by atoms with Crippen LogP contribution in [0.2, 0.25) is 0 Å². The molecular weight excluding hydrogens is 240 g/mol. The third-order valence-electron chi connectivity index (χ3n) is 3.56. The zero-order valence-corrected chi connectivity index (χ0v) is 11.2. The molecule has 1 heterocycles. The van der Waals surface area contributed by atoms with Gasteiger partial charge in [0.2, 0.25) is 0 Å². The van der Waals surface area contributed by atoms with Crippen molar-refractivity contribution in [1.82, 2.24) is 15.0 Å². The summed E-state index contributed by atoms with van der Waals surface area (Å²) in [6.07, 6.45) is 2.18. The van der Waals surface area contributed by atoms with E-state index in [-0.39, 0.29) is 5.78 Å². The van der Waals surface area contributed by atoms with Gasteiger partial charge in [-0.1, -0.05) is 37.3 Å². The van der Waals surface area contributed by atoms with Gasteiger partial charge < -0.3 is 5.73 Å². The van der Waals surface area contributed by atoms with Crippen molar-refractivity contribution in [3.8, 4) is 5.69 Å². The van der Waals surface area contributed by atoms with E-state index in [0.717, 1.165) is 5.69 Å². The van der Waals surface area contributed by atoms with Crippen LogP contribution in [0.4, 0.5) is 0 Å². The van der Waals surface area contributed by atoms with Gasteiger partial charge in [0.15, 0.2) is 5.78 Å². The second kappa shape index (κ2) is 5.32. The van der Waals surface area contributed by atoms with Crippen LogP contribution in [0.3, 0.4) is 0 Å². The SMILES string of the molecule is CCC(C)(CN)C(=O)c1cnnn1-c1ccccc1. The van der Waals surface area contributed by atoms with Crippen molar-refractivity contribution >= 4 is 5.78 Å². The molecule has 19 heavy (non-hydrogen) atoms. The van der Waals surface area contributed by atoms with Crippen LogP contribution < -0.4 is 5.73 Å². The molecule has 0 spiro atoms. The normalized spacial score (nSPS) is 14.1. The smallest absolute Gasteiger partial charge is 0.190 e. The first kappa shape index (κ1) is 13.4. The molecule has 0 aliphatic heterocycles. The molecule has 100 valence electrons. The summed E-state index contributed by atoms with van der Waals surface area (Å²) in [4.78, 5) is 12.6. The summed E-state index contributed by atoms with van der Waals surface area (Å²) in [7, 11) is 0. The van der Waals surface area contributed by atoms with Gasteiger partial charge in [0.05, 0.1) is 11.9 Å². The Morgan fingerprint density at radius 3 is 2.63 bits per heavy atom. The number of para-hydroxylation sites is 1. The van der Waals surface area contributed by atoms with Crippen molar-refractivity contribution in [1.29, 1.82) is 0 Å². The van der Waals surface area contributed by atoms with Gasteiger partial charge in [0.25, 0.3) is 0 Å². The van der Waals surface area contributed by atoms with Gasteiger partial charge in [-0.25, -0.2) is 4.68 Å². The summed E-state index contributed by atoms with van der Waals surface area (Å²) >= 11 is 0. The maximum Gasteiger partial charge on any atom is 0.190 e. The molecule has 0 fully saturated rings. The van der Waals surface area contributed by atoms with Gasteiger partial charge >= 0.3 is 0 Å². The fraction of sp³-hybridized carbons (Fsp3) is 0.357. The van der Waals surface area contributed by atoms with E-state index in [9.17, 15) is 4.79 Å². The number of benzene rings is 1. The minimum absolute atomic E-state index is 0.0219. The number of hydrogen-bond acceptors (Lipinski definition) is 4. The van der Waals surface area contributed by atoms with E-state index < -0.39 is 5.41 Å². The lowest BCUT2D eigenvalue weighted by Gasteiger charge is -2.24. The molecule has 2 N–H and O–H groups in total. The predicted molar refractivity (Wildman–Crippen MR) is 73.1 cm³/mol. The Labute approximate surface area is 112 Å². The molecule has 0 saturated heterocycles. The molecule has 1 unspecified atom stereocenters. The highest BCUT2D eigenvalue weighted by Gasteiger charge is 2.33. The van der Waals surface area contributed by atoms with Gasteiger partial charge in [-0.15, -0.1) is 5.10 Å². The molecule has 0 amide bonds. The minimum atomic E-state index is -0.575. The van der Waals surface area contributed by atoms with E-state index in [4.69, 9.17) is 5.73 Å². The minimum Gasteiger partial charge on any atom is -0.329 e. The molecule has 0 radical (unpaired) electrons. The Bertz CT molecular complexity index is 558. The Balaban J connectivity index is 2.43. The van der Waals surface area contributed by atoms with Crippen LogP contribution in [-0.2, 0) is 0 Å². The van der Waals surface area contributed by atoms with Crippen molar-refractivity contribution in [2.45, 2.75) is 20.3 Å². The number of aromatic nitrogens is 3. The average Bonchev–Trinajstić information content (AvgIpc) is 2.95. The molecular formula is C14H18N4O. The van der Waals surface area contributed by atoms with E-state index in [2.05, 4.69) is 10.3 Å². The van der Waals surface area contributed by atoms with Gasteiger partial charge in [0.1, 0.15) is 5.69 Å². The lowest BCUT2D eigenvalue weighted by molar-refractivity contribution is 0.0811. The summed E-state index contributed by atoms with van der Waals surface area (Å²) in [6, 6.07) is 9.48. The lowest BCUT2D eigenvalue weighted by Crippen LogP contribution is -2.36. The Hall–Kier alpha value is -2.01. The van der Waals surface area contributed by atoms with Crippen LogP contribution in [0.1, 0.15) is 30.8 Å². The number of nitrogens with zero attached hydrogens (tertiary/aromatic N) is 3. The van der Waals surface area contributed by atoms with Crippen molar-refractivity contribution in [3.05, 3.63) is 42.2 Å². The largest absolute Gasteiger partial charge is 0.329 e. The molecule has 1 atom stereocenters. The second-order valence-corrected chi connectivity index (χ2v) is 4.81. The zero-order valence-electron chi connectivity index (χ0n) is 11.2. The van der Waals surface area contributed by atoms with Gasteiger partial charge in [-0.3, -0.25) is 4.79 Å². The molecule has 0 aliphatic carbocycles. The summed E-state index contributed by atoms with van der Waals surface area (Å²) in [5, 5.41) is 7.85. The average molecular weight is 258 g/mol. The fourth-order valence-corrected chi connectivity index (χ4v) is 1.86. The maximum absolute atomic E-state index is 12.6. The first-order chi connectivity index (χ1) is 9.12. The first-order valence-corrected chi connectivity index (χ1v) is 6.33. The van der Waals surface area contributed by atoms with E-state index in [0.29, 0.717) is 18.7 Å². The molecule has 5 nitrogen and oxygen atoms in total. The summed E-state index contributed by atoms with van der Waals surface area (Å²) in [5.41, 5.74) is 6.46. The van der Waals surface area contributed by atoms with E-state index in [1.165, 1.54) is 6.20 Å². The highest BCUT2D eigenvalue weighted by molar-refractivity contribution is 5.99. The fourth-order valence-electron chi connectivity index (χ4n) is 1.86. The number of Topliss-reactive ketones (excluding diaryl/α,β-unsaturated/α-hetero) is 1. The standard InChI is InChI=1S/C14H18N4O/c1-3-14(2,10-15)13(19)12-9-16-17-18(12)11-7-5-4-6-8-11/h4-9H,3,10,15H2,1-2H3. The number of hydrogen-bond donors (Lipinski definition) is 1. The van der Waals surface area contributed by atoms with Crippen molar-refractivity contribution < 1.29 is 4.79 Å². The zero-order chi connectivity index (χ0) is 13.9. The Kier molecular flexibility index (Phi) is 3.76. The molecule has 1 aromatic heterocycles. The van der Waals surface area contributed by atoms with Crippen molar-refractivity contribution in [2.75, 3.05) is 6.54 Å². The van der Waals surface area contributed by atoms with E-state index >= 15 is 0 Å². The maximum atomic E-state index is 12.6. The molecule has 2 aromatic rings. The molecule has 5 heteroatoms. The molecule has 0 saturated carbocycles. The second-order valence-electron chi connectivity index (χ2n) is 4.81. The Morgan fingerprint density at radius 2 is 2.05 bits per heavy atom. The number of nitrogens with two attached hydrogens (primary N) is 1. The third kappa shape index (κ3) is 2.42. The molecule has 0 bridgehead atoms. The van der Waals surface area contributed by atoms with Crippen LogP contribution in [0.5, 0.6) is 0 Å². The Morgan fingerprint density at radius 1 is 1.37 bits per heavy atom. The van der Waals surface area contributed by atoms with Gasteiger partial charge in [-0.2, -0.15) is 0 Å².